The van der Waals surface area contributed by atoms with Gasteiger partial charge in [-0.2, -0.15) is 5.10 Å². The minimum atomic E-state index is -0.348. The van der Waals surface area contributed by atoms with E-state index in [1.165, 1.54) is 5.56 Å². The van der Waals surface area contributed by atoms with E-state index in [0.29, 0.717) is 18.8 Å². The van der Waals surface area contributed by atoms with Gasteiger partial charge in [0.05, 0.1) is 30.0 Å². The van der Waals surface area contributed by atoms with Crippen LogP contribution < -0.4 is 5.46 Å². The SMILES string of the molecule is C#CC.CC.CC1(C)OB(c2cnn(C3CC(OCc4ccccc4)C3)c2)OC1(C)C. The third-order valence-electron chi connectivity index (χ3n) is 5.92. The molecule has 2 fully saturated rings. The summed E-state index contributed by atoms with van der Waals surface area (Å²) >= 11 is 0. The number of terminal acetylenes is 1. The highest BCUT2D eigenvalue weighted by Crippen LogP contribution is 2.37. The molecular formula is C25H37BN2O3. The van der Waals surface area contributed by atoms with E-state index < -0.39 is 0 Å². The second-order valence-electron chi connectivity index (χ2n) is 8.67. The van der Waals surface area contributed by atoms with Gasteiger partial charge in [-0.05, 0) is 53.0 Å². The molecule has 0 atom stereocenters. The topological polar surface area (TPSA) is 45.5 Å². The maximum Gasteiger partial charge on any atom is 0.498 e. The van der Waals surface area contributed by atoms with Crippen LogP contribution in [-0.2, 0) is 20.7 Å². The van der Waals surface area contributed by atoms with Crippen molar-refractivity contribution >= 4 is 12.6 Å². The zero-order chi connectivity index (χ0) is 23.1. The lowest BCUT2D eigenvalue weighted by molar-refractivity contribution is -0.0383. The predicted octanol–water partition coefficient (Wildman–Crippen LogP) is 4.77. The first kappa shape index (κ1) is 25.2. The van der Waals surface area contributed by atoms with Crippen LogP contribution in [0, 0.1) is 12.3 Å². The van der Waals surface area contributed by atoms with Crippen LogP contribution in [0.5, 0.6) is 0 Å². The summed E-state index contributed by atoms with van der Waals surface area (Å²) in [6.45, 7) is 14.6. The van der Waals surface area contributed by atoms with Gasteiger partial charge in [-0.3, -0.25) is 4.68 Å². The highest BCUT2D eigenvalue weighted by molar-refractivity contribution is 6.62. The molecule has 0 amide bonds. The van der Waals surface area contributed by atoms with Gasteiger partial charge >= 0.3 is 7.12 Å². The molecule has 1 aromatic carbocycles. The molecule has 0 radical (unpaired) electrons. The van der Waals surface area contributed by atoms with Crippen molar-refractivity contribution in [3.8, 4) is 12.3 Å². The average molecular weight is 424 g/mol. The van der Waals surface area contributed by atoms with E-state index in [9.17, 15) is 0 Å². The van der Waals surface area contributed by atoms with Gasteiger partial charge in [-0.1, -0.05) is 44.2 Å². The molecule has 2 aromatic rings. The summed E-state index contributed by atoms with van der Waals surface area (Å²) < 4.78 is 20.2. The van der Waals surface area contributed by atoms with Crippen LogP contribution in [0.15, 0.2) is 42.7 Å². The molecule has 2 aliphatic rings. The zero-order valence-electron chi connectivity index (χ0n) is 20.1. The summed E-state index contributed by atoms with van der Waals surface area (Å²) in [7, 11) is -0.348. The second kappa shape index (κ2) is 11.0. The van der Waals surface area contributed by atoms with Gasteiger partial charge in [0.1, 0.15) is 0 Å². The summed E-state index contributed by atoms with van der Waals surface area (Å²) in [5.74, 6) is 2.25. The monoisotopic (exact) mass is 424 g/mol. The summed E-state index contributed by atoms with van der Waals surface area (Å²) in [5.41, 5.74) is 1.55. The van der Waals surface area contributed by atoms with Crippen LogP contribution in [0.1, 0.15) is 72.9 Å². The maximum absolute atomic E-state index is 6.10. The Hall–Kier alpha value is -2.07. The lowest BCUT2D eigenvalue weighted by Crippen LogP contribution is -2.41. The molecule has 1 aromatic heterocycles. The Balaban J connectivity index is 0.000000630. The van der Waals surface area contributed by atoms with Crippen LogP contribution in [0.25, 0.3) is 0 Å². The molecular weight excluding hydrogens is 387 g/mol. The van der Waals surface area contributed by atoms with Crippen molar-refractivity contribution < 1.29 is 14.0 Å². The number of ether oxygens (including phenoxy) is 1. The molecule has 31 heavy (non-hydrogen) atoms. The normalized spacial score (nSPS) is 22.8. The van der Waals surface area contributed by atoms with E-state index >= 15 is 0 Å². The minimum Gasteiger partial charge on any atom is -0.399 e. The van der Waals surface area contributed by atoms with Crippen molar-refractivity contribution in [3.05, 3.63) is 48.3 Å². The van der Waals surface area contributed by atoms with Crippen molar-refractivity contribution in [2.45, 2.75) is 91.3 Å². The number of hydrogen-bond donors (Lipinski definition) is 0. The summed E-state index contributed by atoms with van der Waals surface area (Å²) in [4.78, 5) is 0. The van der Waals surface area contributed by atoms with Crippen LogP contribution >= 0.6 is 0 Å². The Kier molecular flexibility index (Phi) is 8.94. The second-order valence-corrected chi connectivity index (χ2v) is 8.67. The number of aromatic nitrogens is 2. The van der Waals surface area contributed by atoms with E-state index in [1.54, 1.807) is 6.92 Å². The molecule has 168 valence electrons. The van der Waals surface area contributed by atoms with Crippen molar-refractivity contribution in [2.75, 3.05) is 0 Å². The van der Waals surface area contributed by atoms with Crippen molar-refractivity contribution in [2.24, 2.45) is 0 Å². The van der Waals surface area contributed by atoms with Crippen LogP contribution in [0.4, 0.5) is 0 Å². The number of rotatable bonds is 5. The quantitative estimate of drug-likeness (QED) is 0.513. The largest absolute Gasteiger partial charge is 0.498 e. The lowest BCUT2D eigenvalue weighted by Gasteiger charge is -2.35. The molecule has 0 bridgehead atoms. The van der Waals surface area contributed by atoms with Crippen LogP contribution in [0.2, 0.25) is 0 Å². The summed E-state index contributed by atoms with van der Waals surface area (Å²) in [5, 5.41) is 4.53. The van der Waals surface area contributed by atoms with E-state index in [0.717, 1.165) is 18.3 Å². The Morgan fingerprint density at radius 1 is 1.13 bits per heavy atom. The van der Waals surface area contributed by atoms with Crippen molar-refractivity contribution in [1.82, 2.24) is 9.78 Å². The average Bonchev–Trinajstić information content (AvgIpc) is 3.26. The third kappa shape index (κ3) is 6.23. The van der Waals surface area contributed by atoms with Gasteiger partial charge < -0.3 is 14.0 Å². The summed E-state index contributed by atoms with van der Waals surface area (Å²) in [6.07, 6.45) is 10.8. The van der Waals surface area contributed by atoms with E-state index in [2.05, 4.69) is 63.5 Å². The molecule has 6 heteroatoms. The van der Waals surface area contributed by atoms with E-state index in [-0.39, 0.29) is 18.3 Å². The van der Waals surface area contributed by atoms with Gasteiger partial charge in [-0.15, -0.1) is 12.3 Å². The highest BCUT2D eigenvalue weighted by Gasteiger charge is 2.52. The first-order valence-electron chi connectivity index (χ1n) is 11.2. The van der Waals surface area contributed by atoms with Gasteiger partial charge in [0, 0.05) is 17.9 Å². The fraction of sp³-hybridized carbons (Fsp3) is 0.560. The number of benzene rings is 1. The molecule has 1 saturated heterocycles. The molecule has 1 aliphatic carbocycles. The summed E-state index contributed by atoms with van der Waals surface area (Å²) in [6, 6.07) is 10.7. The first-order chi connectivity index (χ1) is 14.8. The van der Waals surface area contributed by atoms with Gasteiger partial charge in [-0.25, -0.2) is 0 Å². The van der Waals surface area contributed by atoms with Gasteiger partial charge in [0.2, 0.25) is 0 Å². The smallest absolute Gasteiger partial charge is 0.399 e. The van der Waals surface area contributed by atoms with Crippen LogP contribution in [-0.4, -0.2) is 34.2 Å². The highest BCUT2D eigenvalue weighted by atomic mass is 16.7. The van der Waals surface area contributed by atoms with E-state index in [4.69, 9.17) is 14.0 Å². The lowest BCUT2D eigenvalue weighted by atomic mass is 9.81. The Morgan fingerprint density at radius 2 is 1.68 bits per heavy atom. The maximum atomic E-state index is 6.10. The molecule has 2 heterocycles. The van der Waals surface area contributed by atoms with E-state index in [1.807, 2.05) is 42.9 Å². The Bertz CT molecular complexity index is 820. The molecule has 0 unspecified atom stereocenters. The molecule has 4 rings (SSSR count). The fourth-order valence-corrected chi connectivity index (χ4v) is 3.33. The van der Waals surface area contributed by atoms with Crippen LogP contribution in [0.3, 0.4) is 0 Å². The van der Waals surface area contributed by atoms with Crippen molar-refractivity contribution in [3.63, 3.8) is 0 Å². The standard InChI is InChI=1S/C20H27BN2O3.C3H4.C2H6/c1-19(2)20(3,4)26-21(25-19)16-12-22-23(13-16)17-10-18(11-17)24-14-15-8-6-5-7-9-15;1-3-2;1-2/h5-9,12-13,17-18H,10-11,14H2,1-4H3;1H,2H3;1-2H3. The molecule has 1 aliphatic heterocycles. The Morgan fingerprint density at radius 3 is 2.23 bits per heavy atom. The number of hydrogen-bond acceptors (Lipinski definition) is 4. The van der Waals surface area contributed by atoms with Gasteiger partial charge in [0.15, 0.2) is 0 Å². The molecule has 5 nitrogen and oxygen atoms in total. The van der Waals surface area contributed by atoms with Gasteiger partial charge in [0.25, 0.3) is 0 Å². The first-order valence-corrected chi connectivity index (χ1v) is 11.2. The molecule has 1 saturated carbocycles. The zero-order valence-corrected chi connectivity index (χ0v) is 20.1. The molecule has 0 spiro atoms. The third-order valence-corrected chi connectivity index (χ3v) is 5.92. The number of nitrogens with zero attached hydrogens (tertiary/aromatic N) is 2. The Labute approximate surface area is 188 Å². The van der Waals surface area contributed by atoms with Crippen molar-refractivity contribution in [1.29, 1.82) is 0 Å². The minimum absolute atomic E-state index is 0.310. The molecule has 0 N–H and O–H groups in total. The fourth-order valence-electron chi connectivity index (χ4n) is 3.33. The predicted molar refractivity (Wildman–Crippen MR) is 127 cm³/mol.